The average molecular weight is 278 g/mol. The van der Waals surface area contributed by atoms with Crippen LogP contribution in [0.2, 0.25) is 0 Å². The minimum Gasteiger partial charge on any atom is -0.394 e. The van der Waals surface area contributed by atoms with E-state index in [2.05, 4.69) is 10.0 Å². The summed E-state index contributed by atoms with van der Waals surface area (Å²) in [6.07, 6.45) is 2.95. The fraction of sp³-hybridized carbons (Fsp3) is 0.909. The van der Waals surface area contributed by atoms with E-state index in [0.29, 0.717) is 6.42 Å². The van der Waals surface area contributed by atoms with Crippen LogP contribution in [0.3, 0.4) is 0 Å². The van der Waals surface area contributed by atoms with Crippen LogP contribution in [0.5, 0.6) is 0 Å². The number of hydrogen-bond donors (Lipinski definition) is 3. The standard InChI is InChI=1S/C11H22N2O4S/c1-3-7-18(16,17)13-9(2)10(15)12-11(8-14)5-4-6-11/h9,13-14H,3-8H2,1-2H3,(H,12,15). The highest BCUT2D eigenvalue weighted by atomic mass is 32.2. The van der Waals surface area contributed by atoms with E-state index in [0.717, 1.165) is 19.3 Å². The van der Waals surface area contributed by atoms with Crippen LogP contribution in [0.4, 0.5) is 0 Å². The van der Waals surface area contributed by atoms with Gasteiger partial charge in [-0.2, -0.15) is 0 Å². The lowest BCUT2D eigenvalue weighted by atomic mass is 9.77. The number of amides is 1. The monoisotopic (exact) mass is 278 g/mol. The van der Waals surface area contributed by atoms with E-state index in [-0.39, 0.29) is 18.3 Å². The highest BCUT2D eigenvalue weighted by Crippen LogP contribution is 2.31. The van der Waals surface area contributed by atoms with E-state index in [4.69, 9.17) is 0 Å². The predicted molar refractivity (Wildman–Crippen MR) is 68.5 cm³/mol. The van der Waals surface area contributed by atoms with Gasteiger partial charge >= 0.3 is 0 Å². The third-order valence-electron chi connectivity index (χ3n) is 3.22. The molecule has 3 N–H and O–H groups in total. The molecular weight excluding hydrogens is 256 g/mol. The Morgan fingerprint density at radius 2 is 2.06 bits per heavy atom. The summed E-state index contributed by atoms with van der Waals surface area (Å²) in [5.41, 5.74) is -0.540. The van der Waals surface area contributed by atoms with Gasteiger partial charge in [-0.1, -0.05) is 6.92 Å². The zero-order valence-corrected chi connectivity index (χ0v) is 11.7. The molecule has 1 aliphatic rings. The van der Waals surface area contributed by atoms with Gasteiger partial charge in [0.2, 0.25) is 15.9 Å². The van der Waals surface area contributed by atoms with Crippen LogP contribution in [0.15, 0.2) is 0 Å². The predicted octanol–water partition coefficient (Wildman–Crippen LogP) is -0.264. The molecule has 0 saturated heterocycles. The molecule has 0 aromatic carbocycles. The number of carbonyl (C=O) groups is 1. The summed E-state index contributed by atoms with van der Waals surface area (Å²) in [6, 6.07) is -0.814. The van der Waals surface area contributed by atoms with Crippen molar-refractivity contribution >= 4 is 15.9 Å². The second-order valence-electron chi connectivity index (χ2n) is 4.94. The average Bonchev–Trinajstić information content (AvgIpc) is 2.22. The molecule has 0 heterocycles. The maximum atomic E-state index is 11.8. The Bertz CT molecular complexity index is 384. The SMILES string of the molecule is CCCS(=O)(=O)NC(C)C(=O)NC1(CO)CCC1. The van der Waals surface area contributed by atoms with E-state index in [1.165, 1.54) is 6.92 Å². The highest BCUT2D eigenvalue weighted by Gasteiger charge is 2.38. The number of sulfonamides is 1. The molecular formula is C11H22N2O4S. The third kappa shape index (κ3) is 3.93. The van der Waals surface area contributed by atoms with Gasteiger partial charge in [0.15, 0.2) is 0 Å². The number of rotatable bonds is 7. The van der Waals surface area contributed by atoms with E-state index < -0.39 is 21.6 Å². The first-order valence-corrected chi connectivity index (χ1v) is 7.92. The van der Waals surface area contributed by atoms with Crippen molar-refractivity contribution < 1.29 is 18.3 Å². The smallest absolute Gasteiger partial charge is 0.238 e. The molecule has 1 aliphatic carbocycles. The van der Waals surface area contributed by atoms with Crippen molar-refractivity contribution in [2.75, 3.05) is 12.4 Å². The number of aliphatic hydroxyl groups excluding tert-OH is 1. The Kier molecular flexibility index (Phi) is 5.12. The second kappa shape index (κ2) is 5.99. The van der Waals surface area contributed by atoms with Crippen molar-refractivity contribution in [3.05, 3.63) is 0 Å². The summed E-state index contributed by atoms with van der Waals surface area (Å²) >= 11 is 0. The van der Waals surface area contributed by atoms with Crippen LogP contribution < -0.4 is 10.0 Å². The van der Waals surface area contributed by atoms with E-state index in [9.17, 15) is 18.3 Å². The molecule has 7 heteroatoms. The Morgan fingerprint density at radius 3 is 2.44 bits per heavy atom. The van der Waals surface area contributed by atoms with Crippen LogP contribution in [0, 0.1) is 0 Å². The van der Waals surface area contributed by atoms with Gasteiger partial charge in [0, 0.05) is 0 Å². The number of nitrogens with one attached hydrogen (secondary N) is 2. The summed E-state index contributed by atoms with van der Waals surface area (Å²) < 4.78 is 25.4. The lowest BCUT2D eigenvalue weighted by Crippen LogP contribution is -2.60. The molecule has 0 aromatic rings. The van der Waals surface area contributed by atoms with Gasteiger partial charge in [-0.25, -0.2) is 13.1 Å². The molecule has 0 radical (unpaired) electrons. The first kappa shape index (κ1) is 15.4. The summed E-state index contributed by atoms with van der Waals surface area (Å²) in [5.74, 6) is -0.376. The van der Waals surface area contributed by atoms with Gasteiger partial charge < -0.3 is 10.4 Å². The van der Waals surface area contributed by atoms with Crippen LogP contribution >= 0.6 is 0 Å². The Balaban J connectivity index is 2.51. The molecule has 106 valence electrons. The summed E-state index contributed by atoms with van der Waals surface area (Å²) in [4.78, 5) is 11.8. The first-order valence-electron chi connectivity index (χ1n) is 6.27. The minimum atomic E-state index is -3.40. The molecule has 6 nitrogen and oxygen atoms in total. The maximum absolute atomic E-state index is 11.8. The maximum Gasteiger partial charge on any atom is 0.238 e. The second-order valence-corrected chi connectivity index (χ2v) is 6.81. The highest BCUT2D eigenvalue weighted by molar-refractivity contribution is 7.89. The molecule has 1 fully saturated rings. The normalized spacial score (nSPS) is 19.9. The van der Waals surface area contributed by atoms with Gasteiger partial charge in [0.05, 0.1) is 23.9 Å². The molecule has 1 saturated carbocycles. The van der Waals surface area contributed by atoms with Crippen LogP contribution in [-0.4, -0.2) is 43.4 Å². The van der Waals surface area contributed by atoms with Crippen molar-refractivity contribution in [1.29, 1.82) is 0 Å². The fourth-order valence-electron chi connectivity index (χ4n) is 1.95. The molecule has 0 aromatic heterocycles. The van der Waals surface area contributed by atoms with Gasteiger partial charge in [-0.05, 0) is 32.6 Å². The van der Waals surface area contributed by atoms with Crippen molar-refractivity contribution in [3.8, 4) is 0 Å². The topological polar surface area (TPSA) is 95.5 Å². The van der Waals surface area contributed by atoms with Crippen molar-refractivity contribution in [1.82, 2.24) is 10.0 Å². The summed E-state index contributed by atoms with van der Waals surface area (Å²) in [5, 5.41) is 12.0. The van der Waals surface area contributed by atoms with E-state index in [1.54, 1.807) is 6.92 Å². The van der Waals surface area contributed by atoms with Crippen molar-refractivity contribution in [2.24, 2.45) is 0 Å². The zero-order chi connectivity index (χ0) is 13.8. The van der Waals surface area contributed by atoms with Gasteiger partial charge in [-0.15, -0.1) is 0 Å². The molecule has 0 bridgehead atoms. The fourth-order valence-corrected chi connectivity index (χ4v) is 3.25. The molecule has 1 amide bonds. The van der Waals surface area contributed by atoms with Crippen LogP contribution in [0.1, 0.15) is 39.5 Å². The largest absolute Gasteiger partial charge is 0.394 e. The van der Waals surface area contributed by atoms with Gasteiger partial charge in [0.25, 0.3) is 0 Å². The molecule has 1 unspecified atom stereocenters. The summed E-state index contributed by atoms with van der Waals surface area (Å²) in [7, 11) is -3.40. The Hall–Kier alpha value is -0.660. The quantitative estimate of drug-likeness (QED) is 0.597. The molecule has 1 rings (SSSR count). The van der Waals surface area contributed by atoms with Crippen molar-refractivity contribution in [3.63, 3.8) is 0 Å². The summed E-state index contributed by atoms with van der Waals surface area (Å²) in [6.45, 7) is 3.17. The minimum absolute atomic E-state index is 0.00969. The first-order chi connectivity index (χ1) is 8.34. The lowest BCUT2D eigenvalue weighted by molar-refractivity contribution is -0.126. The van der Waals surface area contributed by atoms with E-state index in [1.807, 2.05) is 0 Å². The zero-order valence-electron chi connectivity index (χ0n) is 10.9. The van der Waals surface area contributed by atoms with E-state index >= 15 is 0 Å². The molecule has 18 heavy (non-hydrogen) atoms. The molecule has 1 atom stereocenters. The van der Waals surface area contributed by atoms with Crippen LogP contribution in [0.25, 0.3) is 0 Å². The third-order valence-corrected chi connectivity index (χ3v) is 4.88. The van der Waals surface area contributed by atoms with Crippen molar-refractivity contribution in [2.45, 2.75) is 51.1 Å². The Morgan fingerprint density at radius 1 is 1.44 bits per heavy atom. The number of carbonyl (C=O) groups excluding carboxylic acids is 1. The molecule has 0 spiro atoms. The number of hydrogen-bond acceptors (Lipinski definition) is 4. The Labute approximate surface area is 108 Å². The van der Waals surface area contributed by atoms with Crippen LogP contribution in [-0.2, 0) is 14.8 Å². The number of aliphatic hydroxyl groups is 1. The van der Waals surface area contributed by atoms with Gasteiger partial charge in [0.1, 0.15) is 0 Å². The molecule has 0 aliphatic heterocycles. The van der Waals surface area contributed by atoms with Gasteiger partial charge in [-0.3, -0.25) is 4.79 Å². The lowest BCUT2D eigenvalue weighted by Gasteiger charge is -2.41.